The van der Waals surface area contributed by atoms with Crippen LogP contribution >= 0.6 is 0 Å². The van der Waals surface area contributed by atoms with E-state index in [2.05, 4.69) is 4.98 Å². The van der Waals surface area contributed by atoms with E-state index in [0.717, 1.165) is 6.42 Å². The first kappa shape index (κ1) is 24.3. The van der Waals surface area contributed by atoms with E-state index in [1.807, 2.05) is 13.8 Å². The number of carbonyl (C=O) groups is 1. The van der Waals surface area contributed by atoms with Crippen LogP contribution in [0.1, 0.15) is 40.0 Å². The van der Waals surface area contributed by atoms with E-state index in [4.69, 9.17) is 14.2 Å². The maximum atomic E-state index is 14.5. The van der Waals surface area contributed by atoms with Gasteiger partial charge in [0.2, 0.25) is 0 Å². The highest BCUT2D eigenvalue weighted by atomic mass is 19.1. The molecular formula is C26H30FNO5. The van der Waals surface area contributed by atoms with Crippen molar-refractivity contribution in [1.82, 2.24) is 4.98 Å². The smallest absolute Gasteiger partial charge is 0.309 e. The van der Waals surface area contributed by atoms with E-state index < -0.39 is 11.2 Å². The summed E-state index contributed by atoms with van der Waals surface area (Å²) in [6.07, 6.45) is 3.62. The number of pyridine rings is 1. The van der Waals surface area contributed by atoms with Gasteiger partial charge in [0.25, 0.3) is 0 Å². The number of fused-ring (bicyclic) bond motifs is 1. The first-order valence-electron chi connectivity index (χ1n) is 11.4. The number of aromatic amines is 1. The summed E-state index contributed by atoms with van der Waals surface area (Å²) in [7, 11) is 0. The van der Waals surface area contributed by atoms with Crippen LogP contribution in [0.5, 0.6) is 11.5 Å². The first-order valence-corrected chi connectivity index (χ1v) is 11.4. The highest BCUT2D eigenvalue weighted by Gasteiger charge is 2.18. The van der Waals surface area contributed by atoms with Crippen LogP contribution in [0.3, 0.4) is 0 Å². The molecule has 2 aromatic carbocycles. The van der Waals surface area contributed by atoms with Crippen molar-refractivity contribution in [2.75, 3.05) is 19.8 Å². The van der Waals surface area contributed by atoms with Crippen LogP contribution in [0.15, 0.2) is 47.4 Å². The third-order valence-electron chi connectivity index (χ3n) is 5.42. The Labute approximate surface area is 192 Å². The Morgan fingerprint density at radius 1 is 1.03 bits per heavy atom. The molecule has 0 aliphatic heterocycles. The van der Waals surface area contributed by atoms with Crippen molar-refractivity contribution in [3.63, 3.8) is 0 Å². The van der Waals surface area contributed by atoms with Gasteiger partial charge in [0.15, 0.2) is 5.43 Å². The number of nitrogens with one attached hydrogen (secondary N) is 1. The van der Waals surface area contributed by atoms with Crippen LogP contribution in [0, 0.1) is 11.7 Å². The van der Waals surface area contributed by atoms with Crippen LogP contribution in [0.2, 0.25) is 0 Å². The summed E-state index contributed by atoms with van der Waals surface area (Å²) in [5.41, 5.74) is 0.943. The number of hydrogen-bond acceptors (Lipinski definition) is 5. The normalized spacial score (nSPS) is 11.9. The van der Waals surface area contributed by atoms with Gasteiger partial charge < -0.3 is 19.2 Å². The van der Waals surface area contributed by atoms with Crippen molar-refractivity contribution in [1.29, 1.82) is 0 Å². The van der Waals surface area contributed by atoms with Crippen molar-refractivity contribution in [3.05, 3.63) is 58.6 Å². The van der Waals surface area contributed by atoms with Crippen molar-refractivity contribution < 1.29 is 23.4 Å². The van der Waals surface area contributed by atoms with E-state index in [0.29, 0.717) is 60.8 Å². The minimum Gasteiger partial charge on any atom is -0.494 e. The standard InChI is InChI=1S/C26H30FNO5/c1-4-14-33-22-12-11-21(27)23-24(22)28-16-20(25(23)29)18-7-9-19(10-8-18)32-15-13-17(5-2)26(30)31-6-3/h7-12,16-17H,4-6,13-15H2,1-3H3,(H,28,29). The zero-order valence-corrected chi connectivity index (χ0v) is 19.3. The number of halogens is 1. The minimum atomic E-state index is -0.594. The maximum Gasteiger partial charge on any atom is 0.309 e. The summed E-state index contributed by atoms with van der Waals surface area (Å²) >= 11 is 0. The number of esters is 1. The lowest BCUT2D eigenvalue weighted by molar-refractivity contribution is -0.148. The van der Waals surface area contributed by atoms with Gasteiger partial charge in [-0.25, -0.2) is 4.39 Å². The minimum absolute atomic E-state index is 0.0222. The number of ether oxygens (including phenoxy) is 3. The number of aromatic nitrogens is 1. The number of rotatable bonds is 11. The molecule has 3 rings (SSSR count). The SMILES string of the molecule is CCCOc1ccc(F)c2c(=O)c(-c3ccc(OCCC(CC)C(=O)OCC)cc3)c[nH]c12. The van der Waals surface area contributed by atoms with Gasteiger partial charge >= 0.3 is 5.97 Å². The Morgan fingerprint density at radius 3 is 2.45 bits per heavy atom. The number of carbonyl (C=O) groups excluding carboxylic acids is 1. The second kappa shape index (κ2) is 11.5. The highest BCUT2D eigenvalue weighted by molar-refractivity contribution is 5.88. The zero-order valence-electron chi connectivity index (χ0n) is 19.3. The van der Waals surface area contributed by atoms with Gasteiger partial charge in [0.05, 0.1) is 36.6 Å². The molecule has 1 N–H and O–H groups in total. The van der Waals surface area contributed by atoms with Gasteiger partial charge in [-0.2, -0.15) is 0 Å². The van der Waals surface area contributed by atoms with Crippen molar-refractivity contribution in [3.8, 4) is 22.6 Å². The molecule has 3 aromatic rings. The molecule has 1 heterocycles. The molecule has 6 nitrogen and oxygen atoms in total. The second-order valence-corrected chi connectivity index (χ2v) is 7.69. The number of H-pyrrole nitrogens is 1. The van der Waals surface area contributed by atoms with E-state index >= 15 is 0 Å². The van der Waals surface area contributed by atoms with Gasteiger partial charge in [-0.05, 0) is 56.0 Å². The van der Waals surface area contributed by atoms with Gasteiger partial charge in [-0.15, -0.1) is 0 Å². The van der Waals surface area contributed by atoms with E-state index in [1.165, 1.54) is 12.1 Å². The summed E-state index contributed by atoms with van der Waals surface area (Å²) in [6, 6.07) is 9.79. The lowest BCUT2D eigenvalue weighted by Crippen LogP contribution is -2.19. The molecule has 0 saturated heterocycles. The average Bonchev–Trinajstić information content (AvgIpc) is 2.82. The van der Waals surface area contributed by atoms with Gasteiger partial charge in [0.1, 0.15) is 17.3 Å². The van der Waals surface area contributed by atoms with Crippen LogP contribution in [0.25, 0.3) is 22.0 Å². The average molecular weight is 456 g/mol. The summed E-state index contributed by atoms with van der Waals surface area (Å²) in [6.45, 7) is 6.92. The molecular weight excluding hydrogens is 425 g/mol. The molecule has 0 aliphatic rings. The summed E-state index contributed by atoms with van der Waals surface area (Å²) in [5, 5.41) is -0.0222. The van der Waals surface area contributed by atoms with Crippen LogP contribution in [0.4, 0.5) is 4.39 Å². The lowest BCUT2D eigenvalue weighted by Gasteiger charge is -2.14. The van der Waals surface area contributed by atoms with E-state index in [9.17, 15) is 14.0 Å². The molecule has 1 unspecified atom stereocenters. The van der Waals surface area contributed by atoms with Crippen molar-refractivity contribution in [2.24, 2.45) is 5.92 Å². The molecule has 0 fully saturated rings. The predicted octanol–water partition coefficient (Wildman–Crippen LogP) is 5.48. The zero-order chi connectivity index (χ0) is 23.8. The van der Waals surface area contributed by atoms with Gasteiger partial charge in [-0.1, -0.05) is 26.0 Å². The Balaban J connectivity index is 1.76. The third kappa shape index (κ3) is 5.72. The van der Waals surface area contributed by atoms with Crippen molar-refractivity contribution in [2.45, 2.75) is 40.0 Å². The van der Waals surface area contributed by atoms with Crippen molar-refractivity contribution >= 4 is 16.9 Å². The molecule has 0 aliphatic carbocycles. The fraction of sp³-hybridized carbons (Fsp3) is 0.385. The Bertz CT molecular complexity index is 1140. The van der Waals surface area contributed by atoms with Gasteiger partial charge in [0, 0.05) is 11.8 Å². The van der Waals surface area contributed by atoms with Crippen LogP contribution < -0.4 is 14.9 Å². The molecule has 0 amide bonds. The Morgan fingerprint density at radius 2 is 1.79 bits per heavy atom. The maximum absolute atomic E-state index is 14.5. The molecule has 0 saturated carbocycles. The van der Waals surface area contributed by atoms with E-state index in [-0.39, 0.29) is 17.3 Å². The molecule has 1 atom stereocenters. The highest BCUT2D eigenvalue weighted by Crippen LogP contribution is 2.27. The Hall–Kier alpha value is -3.35. The molecule has 7 heteroatoms. The molecule has 0 radical (unpaired) electrons. The Kier molecular flexibility index (Phi) is 8.46. The molecule has 1 aromatic heterocycles. The lowest BCUT2D eigenvalue weighted by atomic mass is 10.0. The number of hydrogen-bond donors (Lipinski definition) is 1. The van der Waals surface area contributed by atoms with Crippen LogP contribution in [-0.2, 0) is 9.53 Å². The molecule has 176 valence electrons. The quantitative estimate of drug-likeness (QED) is 0.387. The number of benzene rings is 2. The summed E-state index contributed by atoms with van der Waals surface area (Å²) in [4.78, 5) is 28.0. The third-order valence-corrected chi connectivity index (χ3v) is 5.42. The summed E-state index contributed by atoms with van der Waals surface area (Å²) in [5.74, 6) is 0.0837. The predicted molar refractivity (Wildman–Crippen MR) is 126 cm³/mol. The van der Waals surface area contributed by atoms with Crippen LogP contribution in [-0.4, -0.2) is 30.8 Å². The van der Waals surface area contributed by atoms with Gasteiger partial charge in [-0.3, -0.25) is 9.59 Å². The molecule has 0 spiro atoms. The van der Waals surface area contributed by atoms with E-state index in [1.54, 1.807) is 37.4 Å². The summed E-state index contributed by atoms with van der Waals surface area (Å²) < 4.78 is 31.0. The molecule has 33 heavy (non-hydrogen) atoms. The topological polar surface area (TPSA) is 77.6 Å². The first-order chi connectivity index (χ1) is 16.0. The fourth-order valence-corrected chi connectivity index (χ4v) is 3.61. The monoisotopic (exact) mass is 455 g/mol. The second-order valence-electron chi connectivity index (χ2n) is 7.69. The molecule has 0 bridgehead atoms. The fourth-order valence-electron chi connectivity index (χ4n) is 3.61. The largest absolute Gasteiger partial charge is 0.494 e.